The molecule has 18 heavy (non-hydrogen) atoms. The molecule has 1 aromatic carbocycles. The van der Waals surface area contributed by atoms with E-state index in [1.807, 2.05) is 19.4 Å². The van der Waals surface area contributed by atoms with Crippen LogP contribution in [0.2, 0.25) is 0 Å². The van der Waals surface area contributed by atoms with Crippen molar-refractivity contribution in [2.45, 2.75) is 24.3 Å². The predicted molar refractivity (Wildman–Crippen MR) is 72.4 cm³/mol. The van der Waals surface area contributed by atoms with Crippen molar-refractivity contribution in [1.29, 1.82) is 0 Å². The van der Waals surface area contributed by atoms with Crippen LogP contribution in [0.25, 0.3) is 0 Å². The molecule has 1 atom stereocenters. The predicted octanol–water partition coefficient (Wildman–Crippen LogP) is 2.41. The molecule has 0 amide bonds. The van der Waals surface area contributed by atoms with E-state index in [2.05, 4.69) is 52.2 Å². The van der Waals surface area contributed by atoms with E-state index in [1.165, 1.54) is 18.4 Å². The molecule has 1 fully saturated rings. The minimum absolute atomic E-state index is 0.231. The summed E-state index contributed by atoms with van der Waals surface area (Å²) in [6.45, 7) is 0. The van der Waals surface area contributed by atoms with Gasteiger partial charge in [-0.1, -0.05) is 30.3 Å². The van der Waals surface area contributed by atoms with Crippen LogP contribution >= 0.6 is 0 Å². The minimum atomic E-state index is 0.231. The maximum absolute atomic E-state index is 4.52. The van der Waals surface area contributed by atoms with Crippen LogP contribution < -0.4 is 5.32 Å². The van der Waals surface area contributed by atoms with Crippen LogP contribution in [0, 0.1) is 0 Å². The van der Waals surface area contributed by atoms with E-state index in [1.54, 1.807) is 0 Å². The molecule has 2 aromatic rings. The van der Waals surface area contributed by atoms with Crippen molar-refractivity contribution in [1.82, 2.24) is 14.9 Å². The fourth-order valence-corrected chi connectivity index (χ4v) is 2.96. The van der Waals surface area contributed by atoms with Gasteiger partial charge in [0.25, 0.3) is 0 Å². The maximum Gasteiger partial charge on any atom is 0.126 e. The summed E-state index contributed by atoms with van der Waals surface area (Å²) in [4.78, 5) is 4.52. The highest BCUT2D eigenvalue weighted by Crippen LogP contribution is 2.55. The summed E-state index contributed by atoms with van der Waals surface area (Å²) in [6.07, 6.45) is 6.35. The van der Waals surface area contributed by atoms with Crippen LogP contribution in [0.5, 0.6) is 0 Å². The third-order valence-electron chi connectivity index (χ3n) is 4.10. The van der Waals surface area contributed by atoms with Crippen LogP contribution in [-0.4, -0.2) is 16.6 Å². The van der Waals surface area contributed by atoms with Crippen LogP contribution in [0.4, 0.5) is 0 Å². The van der Waals surface area contributed by atoms with E-state index in [0.717, 1.165) is 5.82 Å². The molecule has 1 aliphatic carbocycles. The van der Waals surface area contributed by atoms with E-state index >= 15 is 0 Å². The quantitative estimate of drug-likeness (QED) is 0.891. The number of likely N-dealkylation sites (N-methyl/N-ethyl adjacent to an activating group) is 1. The Morgan fingerprint density at radius 3 is 2.50 bits per heavy atom. The zero-order valence-electron chi connectivity index (χ0n) is 10.9. The number of nitrogens with one attached hydrogen (secondary N) is 1. The van der Waals surface area contributed by atoms with Crippen LogP contribution in [0.1, 0.15) is 30.3 Å². The first-order chi connectivity index (χ1) is 8.78. The number of nitrogens with zero attached hydrogens (tertiary/aromatic N) is 2. The van der Waals surface area contributed by atoms with Crippen molar-refractivity contribution < 1.29 is 0 Å². The second kappa shape index (κ2) is 4.25. The summed E-state index contributed by atoms with van der Waals surface area (Å²) in [6, 6.07) is 11.1. The second-order valence-electron chi connectivity index (χ2n) is 5.14. The Labute approximate surface area is 108 Å². The molecule has 0 spiro atoms. The summed E-state index contributed by atoms with van der Waals surface area (Å²) in [5, 5.41) is 3.46. The zero-order valence-corrected chi connectivity index (χ0v) is 10.9. The van der Waals surface area contributed by atoms with Gasteiger partial charge in [0.2, 0.25) is 0 Å². The molecule has 0 radical (unpaired) electrons. The Hall–Kier alpha value is -1.61. The summed E-state index contributed by atoms with van der Waals surface area (Å²) in [7, 11) is 4.09. The monoisotopic (exact) mass is 241 g/mol. The number of rotatable bonds is 4. The summed E-state index contributed by atoms with van der Waals surface area (Å²) < 4.78 is 2.12. The van der Waals surface area contributed by atoms with Gasteiger partial charge in [-0.2, -0.15) is 0 Å². The summed E-state index contributed by atoms with van der Waals surface area (Å²) >= 11 is 0. The first kappa shape index (κ1) is 11.5. The Bertz CT molecular complexity index is 526. The molecule has 1 N–H and O–H groups in total. The van der Waals surface area contributed by atoms with E-state index in [-0.39, 0.29) is 5.41 Å². The first-order valence-electron chi connectivity index (χ1n) is 6.48. The highest BCUT2D eigenvalue weighted by atomic mass is 15.1. The molecule has 3 heteroatoms. The van der Waals surface area contributed by atoms with E-state index < -0.39 is 0 Å². The zero-order chi connectivity index (χ0) is 12.6. The molecule has 1 aliphatic rings. The second-order valence-corrected chi connectivity index (χ2v) is 5.14. The van der Waals surface area contributed by atoms with Gasteiger partial charge in [0.05, 0.1) is 6.04 Å². The van der Waals surface area contributed by atoms with Gasteiger partial charge in [0.1, 0.15) is 5.82 Å². The molecule has 94 valence electrons. The minimum Gasteiger partial charge on any atom is -0.337 e. The van der Waals surface area contributed by atoms with Crippen molar-refractivity contribution in [3.63, 3.8) is 0 Å². The van der Waals surface area contributed by atoms with Crippen LogP contribution in [-0.2, 0) is 12.5 Å². The standard InChI is InChI=1S/C15H19N3/c1-16-13(14-17-10-11-18(14)2)15(8-9-15)12-6-4-3-5-7-12/h3-7,10-11,13,16H,8-9H2,1-2H3. The first-order valence-corrected chi connectivity index (χ1v) is 6.48. The fraction of sp³-hybridized carbons (Fsp3) is 0.400. The lowest BCUT2D eigenvalue weighted by Gasteiger charge is -2.26. The largest absolute Gasteiger partial charge is 0.337 e. The molecular weight excluding hydrogens is 222 g/mol. The van der Waals surface area contributed by atoms with E-state index in [0.29, 0.717) is 6.04 Å². The number of benzene rings is 1. The highest BCUT2D eigenvalue weighted by molar-refractivity contribution is 5.35. The molecule has 1 saturated carbocycles. The molecule has 1 unspecified atom stereocenters. The average molecular weight is 241 g/mol. The SMILES string of the molecule is CNC(c1nccn1C)C1(c2ccccc2)CC1. The van der Waals surface area contributed by atoms with Gasteiger partial charge in [-0.15, -0.1) is 0 Å². The molecule has 3 nitrogen and oxygen atoms in total. The van der Waals surface area contributed by atoms with Gasteiger partial charge < -0.3 is 9.88 Å². The average Bonchev–Trinajstić information content (AvgIpc) is 3.10. The van der Waals surface area contributed by atoms with Gasteiger partial charge in [0, 0.05) is 24.9 Å². The van der Waals surface area contributed by atoms with Gasteiger partial charge in [0.15, 0.2) is 0 Å². The van der Waals surface area contributed by atoms with Crippen LogP contribution in [0.15, 0.2) is 42.7 Å². The lowest BCUT2D eigenvalue weighted by molar-refractivity contribution is 0.430. The Balaban J connectivity index is 2.00. The molecule has 1 heterocycles. The topological polar surface area (TPSA) is 29.9 Å². The van der Waals surface area contributed by atoms with E-state index in [9.17, 15) is 0 Å². The number of hydrogen-bond acceptors (Lipinski definition) is 2. The third kappa shape index (κ3) is 1.66. The smallest absolute Gasteiger partial charge is 0.126 e. The number of aryl methyl sites for hydroxylation is 1. The molecule has 0 saturated heterocycles. The lowest BCUT2D eigenvalue weighted by atomic mass is 9.87. The third-order valence-corrected chi connectivity index (χ3v) is 4.10. The number of hydrogen-bond donors (Lipinski definition) is 1. The van der Waals surface area contributed by atoms with Crippen molar-refractivity contribution >= 4 is 0 Å². The lowest BCUT2D eigenvalue weighted by Crippen LogP contribution is -2.31. The van der Waals surface area contributed by atoms with Gasteiger partial charge in [-0.25, -0.2) is 4.98 Å². The van der Waals surface area contributed by atoms with Crippen molar-refractivity contribution in [2.75, 3.05) is 7.05 Å². The highest BCUT2D eigenvalue weighted by Gasteiger charge is 2.51. The maximum atomic E-state index is 4.52. The summed E-state index contributed by atoms with van der Waals surface area (Å²) in [5.41, 5.74) is 1.65. The number of imidazole rings is 1. The Kier molecular flexibility index (Phi) is 2.71. The van der Waals surface area contributed by atoms with Gasteiger partial charge in [-0.3, -0.25) is 0 Å². The molecule has 0 bridgehead atoms. The Morgan fingerprint density at radius 2 is 2.00 bits per heavy atom. The fourth-order valence-electron chi connectivity index (χ4n) is 2.96. The Morgan fingerprint density at radius 1 is 1.28 bits per heavy atom. The van der Waals surface area contributed by atoms with E-state index in [4.69, 9.17) is 0 Å². The van der Waals surface area contributed by atoms with Gasteiger partial charge in [-0.05, 0) is 25.5 Å². The van der Waals surface area contributed by atoms with Crippen molar-refractivity contribution in [3.05, 3.63) is 54.1 Å². The molecule has 1 aromatic heterocycles. The van der Waals surface area contributed by atoms with Crippen molar-refractivity contribution in [3.8, 4) is 0 Å². The van der Waals surface area contributed by atoms with Gasteiger partial charge >= 0.3 is 0 Å². The molecule has 3 rings (SSSR count). The van der Waals surface area contributed by atoms with Crippen molar-refractivity contribution in [2.24, 2.45) is 7.05 Å². The molecular formula is C15H19N3. The molecule has 0 aliphatic heterocycles. The number of aromatic nitrogens is 2. The normalized spacial score (nSPS) is 18.6. The summed E-state index contributed by atoms with van der Waals surface area (Å²) in [5.74, 6) is 1.12. The van der Waals surface area contributed by atoms with Crippen LogP contribution in [0.3, 0.4) is 0 Å².